The molecule has 2 N–H and O–H groups in total. The van der Waals surface area contributed by atoms with E-state index in [1.54, 1.807) is 13.8 Å². The molecule has 5 nitrogen and oxygen atoms in total. The third-order valence-electron chi connectivity index (χ3n) is 4.21. The quantitative estimate of drug-likeness (QED) is 0.405. The monoisotopic (exact) mass is 460 g/mol. The Morgan fingerprint density at radius 2 is 1.80 bits per heavy atom. The smallest absolute Gasteiger partial charge is 0.349 e. The third kappa shape index (κ3) is 5.90. The van der Waals surface area contributed by atoms with Crippen LogP contribution >= 0.6 is 24.5 Å². The van der Waals surface area contributed by atoms with Crippen molar-refractivity contribution in [3.8, 4) is 0 Å². The van der Waals surface area contributed by atoms with Crippen molar-refractivity contribution in [2.24, 2.45) is 0 Å². The highest BCUT2D eigenvalue weighted by molar-refractivity contribution is 7.75. The van der Waals surface area contributed by atoms with Gasteiger partial charge in [0.15, 0.2) is 0 Å². The maximum Gasteiger partial charge on any atom is 0.416 e. The number of benzene rings is 2. The molecule has 0 saturated carbocycles. The van der Waals surface area contributed by atoms with Gasteiger partial charge in [-0.3, -0.25) is 9.59 Å². The molecule has 0 radical (unpaired) electrons. The first-order chi connectivity index (χ1) is 13.9. The van der Waals surface area contributed by atoms with Crippen molar-refractivity contribution in [2.45, 2.75) is 32.5 Å². The van der Waals surface area contributed by atoms with Gasteiger partial charge in [0, 0.05) is 12.2 Å². The number of hydrogen-bond donors (Lipinski definition) is 3. The number of carbonyl (C=O) groups is 2. The lowest BCUT2D eigenvalue weighted by atomic mass is 10.0. The molecule has 162 valence electrons. The Labute approximate surface area is 182 Å². The first-order valence-electron chi connectivity index (χ1n) is 8.74. The zero-order valence-electron chi connectivity index (χ0n) is 16.4. The number of hydrogen-bond acceptors (Lipinski definition) is 4. The lowest BCUT2D eigenvalue weighted by Crippen LogP contribution is -2.39. The van der Waals surface area contributed by atoms with Gasteiger partial charge in [0.25, 0.3) is 11.8 Å². The molecule has 2 aromatic rings. The second-order valence-corrected chi connectivity index (χ2v) is 7.77. The Kier molecular flexibility index (Phi) is 7.44. The third-order valence-corrected chi connectivity index (χ3v) is 5.02. The normalized spacial score (nSPS) is 11.9. The van der Waals surface area contributed by atoms with Crippen molar-refractivity contribution in [2.75, 3.05) is 11.9 Å². The first-order valence-corrected chi connectivity index (χ1v) is 9.48. The largest absolute Gasteiger partial charge is 0.416 e. The van der Waals surface area contributed by atoms with Crippen molar-refractivity contribution in [1.29, 1.82) is 0 Å². The summed E-state index contributed by atoms with van der Waals surface area (Å²) in [5.74, 6) is -1.29. The van der Waals surface area contributed by atoms with Crippen LogP contribution in [0.25, 0.3) is 0 Å². The van der Waals surface area contributed by atoms with Crippen molar-refractivity contribution < 1.29 is 26.9 Å². The van der Waals surface area contributed by atoms with Gasteiger partial charge in [-0.1, -0.05) is 17.7 Å². The van der Waals surface area contributed by atoms with Crippen molar-refractivity contribution in [3.63, 3.8) is 0 Å². The van der Waals surface area contributed by atoms with E-state index in [-0.39, 0.29) is 33.9 Å². The number of carbonyl (C=O) groups excluding carboxylic acids is 2. The molecule has 30 heavy (non-hydrogen) atoms. The predicted molar refractivity (Wildman–Crippen MR) is 112 cm³/mol. The number of thiol groups is 1. The second kappa shape index (κ2) is 9.28. The highest BCUT2D eigenvalue weighted by Gasteiger charge is 2.31. The van der Waals surface area contributed by atoms with Crippen LogP contribution in [0.15, 0.2) is 36.4 Å². The SMILES string of the molecule is Cc1cc(C(F)(F)F)ccc1NC(=O)c1c(Cl)cccc1C(=O)NCC(C)(C)OS. The maximum atomic E-state index is 12.8. The van der Waals surface area contributed by atoms with E-state index in [0.717, 1.165) is 18.2 Å². The van der Waals surface area contributed by atoms with E-state index in [0.29, 0.717) is 0 Å². The first kappa shape index (κ1) is 24.0. The van der Waals surface area contributed by atoms with Gasteiger partial charge in [0.2, 0.25) is 0 Å². The summed E-state index contributed by atoms with van der Waals surface area (Å²) < 4.78 is 43.5. The molecule has 0 saturated heterocycles. The molecule has 2 amide bonds. The van der Waals surface area contributed by atoms with E-state index >= 15 is 0 Å². The molecule has 2 aromatic carbocycles. The van der Waals surface area contributed by atoms with Gasteiger partial charge in [-0.25, -0.2) is 0 Å². The van der Waals surface area contributed by atoms with Crippen LogP contribution in [0, 0.1) is 6.92 Å². The number of anilines is 1. The molecule has 0 unspecified atom stereocenters. The summed E-state index contributed by atoms with van der Waals surface area (Å²) in [4.78, 5) is 25.4. The molecule has 0 aliphatic carbocycles. The zero-order chi connectivity index (χ0) is 22.7. The van der Waals surface area contributed by atoms with E-state index < -0.39 is 29.2 Å². The fraction of sp³-hybridized carbons (Fsp3) is 0.300. The predicted octanol–water partition coefficient (Wildman–Crippen LogP) is 5.29. The summed E-state index contributed by atoms with van der Waals surface area (Å²) in [5, 5.41) is 5.18. The van der Waals surface area contributed by atoms with E-state index in [2.05, 4.69) is 23.5 Å². The van der Waals surface area contributed by atoms with Crippen LogP contribution in [-0.2, 0) is 10.4 Å². The molecule has 0 bridgehead atoms. The van der Waals surface area contributed by atoms with Gasteiger partial charge >= 0.3 is 6.18 Å². The molecule has 10 heteroatoms. The fourth-order valence-corrected chi connectivity index (χ4v) is 2.85. The molecular formula is C20H20ClF3N2O3S. The number of rotatable bonds is 6. The summed E-state index contributed by atoms with van der Waals surface area (Å²) in [7, 11) is 0. The van der Waals surface area contributed by atoms with Gasteiger partial charge in [-0.05, 0) is 69.6 Å². The van der Waals surface area contributed by atoms with Crippen LogP contribution in [0.3, 0.4) is 0 Å². The van der Waals surface area contributed by atoms with Crippen molar-refractivity contribution >= 4 is 42.0 Å². The Bertz CT molecular complexity index is 965. The van der Waals surface area contributed by atoms with Crippen LogP contribution in [0.1, 0.15) is 45.7 Å². The van der Waals surface area contributed by atoms with Crippen molar-refractivity contribution in [1.82, 2.24) is 5.32 Å². The van der Waals surface area contributed by atoms with Crippen LogP contribution in [0.4, 0.5) is 18.9 Å². The Balaban J connectivity index is 2.29. The Morgan fingerprint density at radius 3 is 2.37 bits per heavy atom. The highest BCUT2D eigenvalue weighted by Crippen LogP contribution is 2.32. The van der Waals surface area contributed by atoms with Crippen LogP contribution in [0.5, 0.6) is 0 Å². The van der Waals surface area contributed by atoms with E-state index in [9.17, 15) is 22.8 Å². The molecule has 0 spiro atoms. The number of nitrogens with one attached hydrogen (secondary N) is 2. The topological polar surface area (TPSA) is 67.4 Å². The second-order valence-electron chi connectivity index (χ2n) is 7.18. The summed E-state index contributed by atoms with van der Waals surface area (Å²) in [6.07, 6.45) is -4.49. The van der Waals surface area contributed by atoms with Gasteiger partial charge < -0.3 is 14.8 Å². The molecule has 0 fully saturated rings. The Morgan fingerprint density at radius 1 is 1.13 bits per heavy atom. The van der Waals surface area contributed by atoms with Crippen LogP contribution in [-0.4, -0.2) is 24.0 Å². The zero-order valence-corrected chi connectivity index (χ0v) is 18.0. The van der Waals surface area contributed by atoms with Gasteiger partial charge in [0.05, 0.1) is 27.3 Å². The van der Waals surface area contributed by atoms with Crippen LogP contribution in [0.2, 0.25) is 5.02 Å². The molecule has 0 heterocycles. The van der Waals surface area contributed by atoms with E-state index in [1.807, 2.05) is 0 Å². The molecule has 2 rings (SSSR count). The lowest BCUT2D eigenvalue weighted by molar-refractivity contribution is -0.137. The standard InChI is InChI=1S/C20H20ClF3N2O3S/c1-11-9-12(20(22,23)24)7-8-15(11)26-18(28)16-13(5-4-6-14(16)21)17(27)25-10-19(2,3)29-30/h4-9,30H,10H2,1-3H3,(H,25,27)(H,26,28). The minimum atomic E-state index is -4.49. The number of amides is 2. The van der Waals surface area contributed by atoms with Gasteiger partial charge in [0.1, 0.15) is 0 Å². The summed E-state index contributed by atoms with van der Waals surface area (Å²) in [6.45, 7) is 4.96. The Hall–Kier alpha value is -2.23. The average molecular weight is 461 g/mol. The average Bonchev–Trinajstić information content (AvgIpc) is 2.66. The van der Waals surface area contributed by atoms with Crippen molar-refractivity contribution in [3.05, 3.63) is 63.7 Å². The minimum Gasteiger partial charge on any atom is -0.349 e. The molecule has 0 aromatic heterocycles. The fourth-order valence-electron chi connectivity index (χ4n) is 2.53. The van der Waals surface area contributed by atoms with Gasteiger partial charge in [-0.15, -0.1) is 0 Å². The number of alkyl halides is 3. The molecule has 0 aliphatic heterocycles. The molecule has 0 aliphatic rings. The highest BCUT2D eigenvalue weighted by atomic mass is 35.5. The minimum absolute atomic E-state index is 0.0135. The maximum absolute atomic E-state index is 12.8. The summed E-state index contributed by atoms with van der Waals surface area (Å²) >= 11 is 9.89. The summed E-state index contributed by atoms with van der Waals surface area (Å²) in [6, 6.07) is 7.31. The van der Waals surface area contributed by atoms with E-state index in [4.69, 9.17) is 15.8 Å². The van der Waals surface area contributed by atoms with Gasteiger partial charge in [-0.2, -0.15) is 13.2 Å². The molecule has 0 atom stereocenters. The summed E-state index contributed by atoms with van der Waals surface area (Å²) in [5.41, 5.74) is -1.28. The number of halogens is 4. The lowest BCUT2D eigenvalue weighted by Gasteiger charge is -2.22. The number of aryl methyl sites for hydroxylation is 1. The molecular weight excluding hydrogens is 441 g/mol. The van der Waals surface area contributed by atoms with Crippen LogP contribution < -0.4 is 10.6 Å². The van der Waals surface area contributed by atoms with E-state index in [1.165, 1.54) is 25.1 Å².